The highest BCUT2D eigenvalue weighted by molar-refractivity contribution is 4.98. The van der Waals surface area contributed by atoms with Crippen LogP contribution in [0.4, 0.5) is 0 Å². The number of rotatable bonds is 7. The van der Waals surface area contributed by atoms with Crippen LogP contribution in [0.1, 0.15) is 39.3 Å². The molecule has 1 aromatic rings. The summed E-state index contributed by atoms with van der Waals surface area (Å²) in [6.07, 6.45) is 6.66. The second kappa shape index (κ2) is 7.79. The first-order chi connectivity index (χ1) is 9.69. The topological polar surface area (TPSA) is 33.1 Å². The van der Waals surface area contributed by atoms with E-state index in [0.29, 0.717) is 5.92 Å². The fraction of sp³-hybridized carbons (Fsp3) is 0.812. The molecule has 0 aliphatic carbocycles. The number of aromatic nitrogens is 2. The maximum atomic E-state index is 4.33. The first kappa shape index (κ1) is 15.5. The maximum Gasteiger partial charge on any atom is 0.0948 e. The van der Waals surface area contributed by atoms with E-state index in [1.165, 1.54) is 38.2 Å². The fourth-order valence-electron chi connectivity index (χ4n) is 2.91. The van der Waals surface area contributed by atoms with Gasteiger partial charge in [0.1, 0.15) is 0 Å². The Morgan fingerprint density at radius 1 is 1.35 bits per heavy atom. The zero-order valence-electron chi connectivity index (χ0n) is 13.3. The second-order valence-electron chi connectivity index (χ2n) is 6.44. The van der Waals surface area contributed by atoms with Crippen molar-refractivity contribution >= 4 is 0 Å². The molecule has 1 aliphatic heterocycles. The van der Waals surface area contributed by atoms with Crippen LogP contribution in [-0.2, 0) is 13.1 Å². The molecule has 1 N–H and O–H groups in total. The molecule has 0 amide bonds. The van der Waals surface area contributed by atoms with E-state index in [2.05, 4.69) is 40.5 Å². The predicted molar refractivity (Wildman–Crippen MR) is 83.6 cm³/mol. The summed E-state index contributed by atoms with van der Waals surface area (Å²) < 4.78 is 2.35. The van der Waals surface area contributed by atoms with Crippen molar-refractivity contribution in [1.29, 1.82) is 0 Å². The zero-order chi connectivity index (χ0) is 14.4. The Balaban J connectivity index is 1.80. The van der Waals surface area contributed by atoms with Gasteiger partial charge in [-0.25, -0.2) is 4.98 Å². The molecule has 4 heteroatoms. The van der Waals surface area contributed by atoms with Crippen molar-refractivity contribution in [2.24, 2.45) is 11.8 Å². The third-order valence-electron chi connectivity index (χ3n) is 4.27. The number of hydrogen-bond donors (Lipinski definition) is 1. The predicted octanol–water partition coefficient (Wildman–Crippen LogP) is 2.36. The summed E-state index contributed by atoms with van der Waals surface area (Å²) in [6, 6.07) is 0. The molecule has 0 unspecified atom stereocenters. The second-order valence-corrected chi connectivity index (χ2v) is 6.44. The molecule has 4 nitrogen and oxygen atoms in total. The summed E-state index contributed by atoms with van der Waals surface area (Å²) >= 11 is 0. The summed E-state index contributed by atoms with van der Waals surface area (Å²) in [7, 11) is 0. The zero-order valence-corrected chi connectivity index (χ0v) is 13.3. The van der Waals surface area contributed by atoms with Crippen molar-refractivity contribution in [3.63, 3.8) is 0 Å². The van der Waals surface area contributed by atoms with E-state index in [9.17, 15) is 0 Å². The summed E-state index contributed by atoms with van der Waals surface area (Å²) in [5.41, 5.74) is 1.32. The summed E-state index contributed by atoms with van der Waals surface area (Å²) in [5.74, 6) is 1.51. The Labute approximate surface area is 123 Å². The molecule has 1 fully saturated rings. The van der Waals surface area contributed by atoms with E-state index in [4.69, 9.17) is 0 Å². The standard InChI is InChI=1S/C16H30N4/c1-4-19-7-5-15(6-8-19)12-20-13-18-11-16(20)10-17-9-14(2)3/h11,13-15,17H,4-10,12H2,1-3H3. The Morgan fingerprint density at radius 3 is 2.75 bits per heavy atom. The van der Waals surface area contributed by atoms with Crippen molar-refractivity contribution in [2.45, 2.75) is 46.7 Å². The van der Waals surface area contributed by atoms with Gasteiger partial charge in [0.2, 0.25) is 0 Å². The van der Waals surface area contributed by atoms with Crippen molar-refractivity contribution in [2.75, 3.05) is 26.2 Å². The van der Waals surface area contributed by atoms with E-state index in [1.807, 2.05) is 12.5 Å². The monoisotopic (exact) mass is 278 g/mol. The van der Waals surface area contributed by atoms with Crippen LogP contribution in [0.15, 0.2) is 12.5 Å². The smallest absolute Gasteiger partial charge is 0.0948 e. The highest BCUT2D eigenvalue weighted by Crippen LogP contribution is 2.19. The van der Waals surface area contributed by atoms with Crippen LogP contribution in [0, 0.1) is 11.8 Å². The van der Waals surface area contributed by atoms with Crippen LogP contribution >= 0.6 is 0 Å². The van der Waals surface area contributed by atoms with Gasteiger partial charge in [0.15, 0.2) is 0 Å². The van der Waals surface area contributed by atoms with Crippen LogP contribution in [-0.4, -0.2) is 40.6 Å². The average Bonchev–Trinajstić information content (AvgIpc) is 2.87. The van der Waals surface area contributed by atoms with Gasteiger partial charge in [-0.3, -0.25) is 0 Å². The van der Waals surface area contributed by atoms with Crippen LogP contribution in [0.2, 0.25) is 0 Å². The van der Waals surface area contributed by atoms with Crippen molar-refractivity contribution < 1.29 is 0 Å². The Hall–Kier alpha value is -0.870. The van der Waals surface area contributed by atoms with Gasteiger partial charge in [-0.2, -0.15) is 0 Å². The summed E-state index contributed by atoms with van der Waals surface area (Å²) in [6.45, 7) is 13.6. The third kappa shape index (κ3) is 4.60. The Kier molecular flexibility index (Phi) is 6.05. The van der Waals surface area contributed by atoms with Gasteiger partial charge in [0.25, 0.3) is 0 Å². The minimum Gasteiger partial charge on any atom is -0.333 e. The van der Waals surface area contributed by atoms with Gasteiger partial charge in [-0.15, -0.1) is 0 Å². The molecular weight excluding hydrogens is 248 g/mol. The molecule has 114 valence electrons. The first-order valence-electron chi connectivity index (χ1n) is 8.11. The van der Waals surface area contributed by atoms with Gasteiger partial charge in [-0.1, -0.05) is 20.8 Å². The molecule has 2 rings (SSSR count). The van der Waals surface area contributed by atoms with E-state index < -0.39 is 0 Å². The van der Waals surface area contributed by atoms with Gasteiger partial charge < -0.3 is 14.8 Å². The fourth-order valence-corrected chi connectivity index (χ4v) is 2.91. The van der Waals surface area contributed by atoms with Crippen LogP contribution in [0.5, 0.6) is 0 Å². The molecule has 0 atom stereocenters. The van der Waals surface area contributed by atoms with E-state index >= 15 is 0 Å². The Bertz CT molecular complexity index is 378. The lowest BCUT2D eigenvalue weighted by molar-refractivity contribution is 0.180. The maximum absolute atomic E-state index is 4.33. The lowest BCUT2D eigenvalue weighted by Gasteiger charge is -2.31. The van der Waals surface area contributed by atoms with Crippen LogP contribution in [0.3, 0.4) is 0 Å². The number of hydrogen-bond acceptors (Lipinski definition) is 3. The SMILES string of the molecule is CCN1CCC(Cn2cncc2CNCC(C)C)CC1. The molecular formula is C16H30N4. The lowest BCUT2D eigenvalue weighted by atomic mass is 9.96. The normalized spacial score (nSPS) is 18.0. The van der Waals surface area contributed by atoms with Crippen molar-refractivity contribution in [3.05, 3.63) is 18.2 Å². The highest BCUT2D eigenvalue weighted by Gasteiger charge is 2.19. The molecule has 0 spiro atoms. The lowest BCUT2D eigenvalue weighted by Crippen LogP contribution is -2.35. The summed E-state index contributed by atoms with van der Waals surface area (Å²) in [4.78, 5) is 6.88. The molecule has 0 radical (unpaired) electrons. The van der Waals surface area contributed by atoms with E-state index in [-0.39, 0.29) is 0 Å². The van der Waals surface area contributed by atoms with Crippen molar-refractivity contribution in [1.82, 2.24) is 19.8 Å². The highest BCUT2D eigenvalue weighted by atomic mass is 15.1. The molecule has 0 saturated carbocycles. The Morgan fingerprint density at radius 2 is 2.10 bits per heavy atom. The van der Waals surface area contributed by atoms with Gasteiger partial charge in [-0.05, 0) is 50.9 Å². The third-order valence-corrected chi connectivity index (χ3v) is 4.27. The first-order valence-corrected chi connectivity index (χ1v) is 8.11. The summed E-state index contributed by atoms with van der Waals surface area (Å²) in [5, 5.41) is 3.51. The minimum atomic E-state index is 0.699. The minimum absolute atomic E-state index is 0.699. The van der Waals surface area contributed by atoms with Crippen molar-refractivity contribution in [3.8, 4) is 0 Å². The molecule has 1 aliphatic rings. The van der Waals surface area contributed by atoms with Crippen LogP contribution < -0.4 is 5.32 Å². The molecule has 1 aromatic heterocycles. The number of nitrogens with one attached hydrogen (secondary N) is 1. The quantitative estimate of drug-likeness (QED) is 0.831. The van der Waals surface area contributed by atoms with Gasteiger partial charge in [0.05, 0.1) is 12.0 Å². The van der Waals surface area contributed by atoms with E-state index in [0.717, 1.165) is 25.6 Å². The van der Waals surface area contributed by atoms with Gasteiger partial charge in [0, 0.05) is 19.3 Å². The number of imidazole rings is 1. The molecule has 0 aromatic carbocycles. The number of likely N-dealkylation sites (tertiary alicyclic amines) is 1. The molecule has 2 heterocycles. The molecule has 20 heavy (non-hydrogen) atoms. The van der Waals surface area contributed by atoms with Gasteiger partial charge >= 0.3 is 0 Å². The number of piperidine rings is 1. The molecule has 0 bridgehead atoms. The molecule has 1 saturated heterocycles. The van der Waals surface area contributed by atoms with Crippen LogP contribution in [0.25, 0.3) is 0 Å². The average molecular weight is 278 g/mol. The number of nitrogens with zero attached hydrogens (tertiary/aromatic N) is 3. The largest absolute Gasteiger partial charge is 0.333 e. The van der Waals surface area contributed by atoms with E-state index in [1.54, 1.807) is 0 Å².